The molecule has 0 radical (unpaired) electrons. The molecule has 2 rings (SSSR count). The van der Waals surface area contributed by atoms with Crippen molar-refractivity contribution in [1.82, 2.24) is 10.2 Å². The lowest BCUT2D eigenvalue weighted by Crippen LogP contribution is -2.41. The SMILES string of the molecule is CS(=O)(=O)N(CC(=O)NCCCN1CCCCCC1)c1ccccc1Br. The average molecular weight is 446 g/mol. The lowest BCUT2D eigenvalue weighted by Gasteiger charge is -2.23. The van der Waals surface area contributed by atoms with E-state index in [2.05, 4.69) is 26.1 Å². The van der Waals surface area contributed by atoms with Gasteiger partial charge in [-0.2, -0.15) is 0 Å². The quantitative estimate of drug-likeness (QED) is 0.624. The minimum atomic E-state index is -3.55. The number of amides is 1. The van der Waals surface area contributed by atoms with Crippen LogP contribution in [-0.4, -0.2) is 58.2 Å². The van der Waals surface area contributed by atoms with Gasteiger partial charge in [-0.15, -0.1) is 0 Å². The summed E-state index contributed by atoms with van der Waals surface area (Å²) < 4.78 is 26.0. The fourth-order valence-corrected chi connectivity index (χ4v) is 4.60. The number of hydrogen-bond acceptors (Lipinski definition) is 4. The molecule has 1 fully saturated rings. The molecular formula is C18H28BrN3O3S. The predicted molar refractivity (Wildman–Crippen MR) is 109 cm³/mol. The number of rotatable bonds is 8. The van der Waals surface area contributed by atoms with E-state index in [9.17, 15) is 13.2 Å². The van der Waals surface area contributed by atoms with Crippen molar-refractivity contribution in [2.75, 3.05) is 43.3 Å². The summed E-state index contributed by atoms with van der Waals surface area (Å²) in [6.45, 7) is 3.59. The molecule has 1 aromatic carbocycles. The van der Waals surface area contributed by atoms with Crippen LogP contribution in [0.25, 0.3) is 0 Å². The zero-order chi connectivity index (χ0) is 19.0. The molecule has 0 spiro atoms. The maximum atomic E-state index is 12.2. The molecule has 6 nitrogen and oxygen atoms in total. The van der Waals surface area contributed by atoms with Gasteiger partial charge in [0.15, 0.2) is 0 Å². The summed E-state index contributed by atoms with van der Waals surface area (Å²) in [7, 11) is -3.55. The van der Waals surface area contributed by atoms with Gasteiger partial charge in [0.2, 0.25) is 15.9 Å². The van der Waals surface area contributed by atoms with Gasteiger partial charge in [-0.25, -0.2) is 8.42 Å². The van der Waals surface area contributed by atoms with Crippen LogP contribution < -0.4 is 9.62 Å². The van der Waals surface area contributed by atoms with Crippen molar-refractivity contribution < 1.29 is 13.2 Å². The van der Waals surface area contributed by atoms with Crippen molar-refractivity contribution in [2.45, 2.75) is 32.1 Å². The van der Waals surface area contributed by atoms with Crippen LogP contribution in [0.4, 0.5) is 5.69 Å². The Morgan fingerprint density at radius 1 is 1.19 bits per heavy atom. The van der Waals surface area contributed by atoms with Gasteiger partial charge in [0.25, 0.3) is 0 Å². The third kappa shape index (κ3) is 6.89. The smallest absolute Gasteiger partial charge is 0.240 e. The molecule has 0 saturated carbocycles. The second kappa shape index (κ2) is 10.3. The van der Waals surface area contributed by atoms with Crippen LogP contribution in [0.1, 0.15) is 32.1 Å². The van der Waals surface area contributed by atoms with Crippen molar-refractivity contribution in [1.29, 1.82) is 0 Å². The van der Waals surface area contributed by atoms with Crippen molar-refractivity contribution in [3.8, 4) is 0 Å². The van der Waals surface area contributed by atoms with E-state index in [1.54, 1.807) is 24.3 Å². The molecule has 1 aliphatic rings. The van der Waals surface area contributed by atoms with Crippen LogP contribution in [0.3, 0.4) is 0 Å². The van der Waals surface area contributed by atoms with Gasteiger partial charge in [-0.05, 0) is 67.0 Å². The third-order valence-corrected chi connectivity index (χ3v) is 6.28. The zero-order valence-corrected chi connectivity index (χ0v) is 17.7. The molecule has 1 N–H and O–H groups in total. The van der Waals surface area contributed by atoms with Crippen molar-refractivity contribution >= 4 is 37.5 Å². The highest BCUT2D eigenvalue weighted by Gasteiger charge is 2.22. The molecule has 8 heteroatoms. The highest BCUT2D eigenvalue weighted by atomic mass is 79.9. The summed E-state index contributed by atoms with van der Waals surface area (Å²) in [4.78, 5) is 14.7. The number of carbonyl (C=O) groups excluding carboxylic acids is 1. The first kappa shape index (κ1) is 21.2. The van der Waals surface area contributed by atoms with Gasteiger partial charge in [-0.3, -0.25) is 9.10 Å². The number of halogens is 1. The van der Waals surface area contributed by atoms with Crippen LogP contribution in [0.15, 0.2) is 28.7 Å². The Hall–Kier alpha value is -1.12. The van der Waals surface area contributed by atoms with Crippen LogP contribution >= 0.6 is 15.9 Å². The number of likely N-dealkylation sites (tertiary alicyclic amines) is 1. The molecule has 0 atom stereocenters. The van der Waals surface area contributed by atoms with E-state index >= 15 is 0 Å². The Morgan fingerprint density at radius 3 is 2.46 bits per heavy atom. The number of benzene rings is 1. The molecular weight excluding hydrogens is 418 g/mol. The average Bonchev–Trinajstić information content (AvgIpc) is 2.85. The molecule has 1 aliphatic heterocycles. The maximum Gasteiger partial charge on any atom is 0.240 e. The normalized spacial score (nSPS) is 16.1. The number of carbonyl (C=O) groups is 1. The van der Waals surface area contributed by atoms with Crippen LogP contribution in [0.2, 0.25) is 0 Å². The predicted octanol–water partition coefficient (Wildman–Crippen LogP) is 2.60. The molecule has 0 unspecified atom stereocenters. The molecule has 1 amide bonds. The van der Waals surface area contributed by atoms with Gasteiger partial charge >= 0.3 is 0 Å². The molecule has 146 valence electrons. The second-order valence-electron chi connectivity index (χ2n) is 6.68. The summed E-state index contributed by atoms with van der Waals surface area (Å²) in [5.74, 6) is -0.290. The lowest BCUT2D eigenvalue weighted by atomic mass is 10.2. The summed E-state index contributed by atoms with van der Waals surface area (Å²) in [6.07, 6.45) is 7.11. The van der Waals surface area contributed by atoms with E-state index in [1.807, 2.05) is 0 Å². The fourth-order valence-electron chi connectivity index (χ4n) is 3.11. The first-order valence-electron chi connectivity index (χ1n) is 9.09. The van der Waals surface area contributed by atoms with E-state index in [-0.39, 0.29) is 12.5 Å². The van der Waals surface area contributed by atoms with E-state index in [1.165, 1.54) is 25.7 Å². The first-order valence-corrected chi connectivity index (χ1v) is 11.7. The van der Waals surface area contributed by atoms with Gasteiger partial charge in [0.05, 0.1) is 11.9 Å². The van der Waals surface area contributed by atoms with E-state index in [0.29, 0.717) is 16.7 Å². The highest BCUT2D eigenvalue weighted by Crippen LogP contribution is 2.27. The van der Waals surface area contributed by atoms with Gasteiger partial charge in [0, 0.05) is 11.0 Å². The van der Waals surface area contributed by atoms with Crippen molar-refractivity contribution in [3.05, 3.63) is 28.7 Å². The summed E-state index contributed by atoms with van der Waals surface area (Å²) in [6, 6.07) is 6.98. The first-order chi connectivity index (χ1) is 12.4. The Morgan fingerprint density at radius 2 is 1.85 bits per heavy atom. The summed E-state index contributed by atoms with van der Waals surface area (Å²) in [5.41, 5.74) is 0.467. The van der Waals surface area contributed by atoms with Crippen LogP contribution in [0.5, 0.6) is 0 Å². The highest BCUT2D eigenvalue weighted by molar-refractivity contribution is 9.10. The van der Waals surface area contributed by atoms with E-state index in [0.717, 1.165) is 36.6 Å². The molecule has 0 aliphatic carbocycles. The molecule has 0 bridgehead atoms. The van der Waals surface area contributed by atoms with E-state index < -0.39 is 10.0 Å². The maximum absolute atomic E-state index is 12.2. The minimum Gasteiger partial charge on any atom is -0.354 e. The number of nitrogens with zero attached hydrogens (tertiary/aromatic N) is 2. The van der Waals surface area contributed by atoms with E-state index in [4.69, 9.17) is 0 Å². The fraction of sp³-hybridized carbons (Fsp3) is 0.611. The monoisotopic (exact) mass is 445 g/mol. The number of para-hydroxylation sites is 1. The number of anilines is 1. The van der Waals surface area contributed by atoms with Gasteiger partial charge < -0.3 is 10.2 Å². The zero-order valence-electron chi connectivity index (χ0n) is 15.3. The Bertz CT molecular complexity index is 689. The van der Waals surface area contributed by atoms with Crippen LogP contribution in [0, 0.1) is 0 Å². The second-order valence-corrected chi connectivity index (χ2v) is 9.44. The Labute approximate surface area is 165 Å². The van der Waals surface area contributed by atoms with Crippen LogP contribution in [-0.2, 0) is 14.8 Å². The lowest BCUT2D eigenvalue weighted by molar-refractivity contribution is -0.119. The number of sulfonamides is 1. The van der Waals surface area contributed by atoms with Crippen molar-refractivity contribution in [3.63, 3.8) is 0 Å². The van der Waals surface area contributed by atoms with Crippen molar-refractivity contribution in [2.24, 2.45) is 0 Å². The summed E-state index contributed by atoms with van der Waals surface area (Å²) >= 11 is 3.35. The molecule has 1 aromatic rings. The molecule has 26 heavy (non-hydrogen) atoms. The number of nitrogens with one attached hydrogen (secondary N) is 1. The standard InChI is InChI=1S/C18H28BrN3O3S/c1-26(24,25)22(17-10-5-4-9-16(17)19)15-18(23)20-11-8-14-21-12-6-2-3-7-13-21/h4-5,9-10H,2-3,6-8,11-15H2,1H3,(H,20,23). The topological polar surface area (TPSA) is 69.7 Å². The largest absolute Gasteiger partial charge is 0.354 e. The Balaban J connectivity index is 1.83. The number of hydrogen-bond donors (Lipinski definition) is 1. The Kier molecular flexibility index (Phi) is 8.37. The molecule has 1 saturated heterocycles. The minimum absolute atomic E-state index is 0.217. The van der Waals surface area contributed by atoms with Gasteiger partial charge in [-0.1, -0.05) is 25.0 Å². The summed E-state index contributed by atoms with van der Waals surface area (Å²) in [5, 5.41) is 2.84. The molecule has 0 aromatic heterocycles. The molecule has 1 heterocycles. The van der Waals surface area contributed by atoms with Gasteiger partial charge in [0.1, 0.15) is 6.54 Å². The third-order valence-electron chi connectivity index (χ3n) is 4.48.